The van der Waals surface area contributed by atoms with E-state index in [4.69, 9.17) is 11.7 Å². The van der Waals surface area contributed by atoms with E-state index in [9.17, 15) is 9.90 Å². The first kappa shape index (κ1) is 21.9. The maximum absolute atomic E-state index is 11.2. The average Bonchev–Trinajstić information content (AvgIpc) is 2.66. The molecule has 7 nitrogen and oxygen atoms in total. The van der Waals surface area contributed by atoms with Crippen molar-refractivity contribution in [3.05, 3.63) is 35.9 Å². The quantitative estimate of drug-likeness (QED) is 0.218. The van der Waals surface area contributed by atoms with Gasteiger partial charge in [-0.3, -0.25) is 4.79 Å². The lowest BCUT2D eigenvalue weighted by molar-refractivity contribution is -0.141. The molecule has 146 valence electrons. The topological polar surface area (TPSA) is 126 Å². The number of hydrazine groups is 1. The van der Waals surface area contributed by atoms with Crippen molar-refractivity contribution in [2.45, 2.75) is 45.4 Å². The van der Waals surface area contributed by atoms with Crippen LogP contribution in [0.1, 0.15) is 44.1 Å². The molecule has 1 atom stereocenters. The van der Waals surface area contributed by atoms with Gasteiger partial charge in [0, 0.05) is 6.42 Å². The van der Waals surface area contributed by atoms with E-state index in [1.165, 1.54) is 18.4 Å². The van der Waals surface area contributed by atoms with Gasteiger partial charge < -0.3 is 21.7 Å². The summed E-state index contributed by atoms with van der Waals surface area (Å²) < 4.78 is 0. The summed E-state index contributed by atoms with van der Waals surface area (Å²) in [5.74, 6) is 10.1. The van der Waals surface area contributed by atoms with Gasteiger partial charge >= 0.3 is 5.97 Å². The van der Waals surface area contributed by atoms with Gasteiger partial charge in [0.25, 0.3) is 0 Å². The third-order valence-corrected chi connectivity index (χ3v) is 4.68. The van der Waals surface area contributed by atoms with Crippen molar-refractivity contribution in [2.24, 2.45) is 28.6 Å². The predicted octanol–water partition coefficient (Wildman–Crippen LogP) is 1.98. The Balaban J connectivity index is 0.000000401. The van der Waals surface area contributed by atoms with Gasteiger partial charge in [0.15, 0.2) is 0 Å². The highest BCUT2D eigenvalue weighted by Crippen LogP contribution is 2.21. The van der Waals surface area contributed by atoms with Gasteiger partial charge in [-0.1, -0.05) is 48.7 Å². The molecule has 0 radical (unpaired) electrons. The van der Waals surface area contributed by atoms with Crippen LogP contribution in [0, 0.1) is 18.8 Å². The van der Waals surface area contributed by atoms with E-state index in [0.29, 0.717) is 12.3 Å². The summed E-state index contributed by atoms with van der Waals surface area (Å²) in [5, 5.41) is 15.9. The fourth-order valence-electron chi connectivity index (χ4n) is 3.05. The molecule has 1 aliphatic heterocycles. The smallest absolute Gasteiger partial charge is 0.306 e. The van der Waals surface area contributed by atoms with Crippen molar-refractivity contribution in [3.63, 3.8) is 0 Å². The molecule has 0 saturated carbocycles. The molecule has 0 unspecified atom stereocenters. The highest BCUT2D eigenvalue weighted by atomic mass is 16.4. The van der Waals surface area contributed by atoms with Crippen LogP contribution in [0.25, 0.3) is 0 Å². The molecule has 1 fully saturated rings. The molecule has 7 heteroatoms. The lowest BCUT2D eigenvalue weighted by atomic mass is 9.89. The number of benzene rings is 1. The number of nitrogens with two attached hydrogens (primary N) is 2. The molecule has 0 aromatic heterocycles. The first-order chi connectivity index (χ1) is 12.6. The summed E-state index contributed by atoms with van der Waals surface area (Å²) in [5.41, 5.74) is 3.65. The summed E-state index contributed by atoms with van der Waals surface area (Å²) in [7, 11) is 0. The Morgan fingerprint density at radius 2 is 2.00 bits per heavy atom. The van der Waals surface area contributed by atoms with Gasteiger partial charge in [-0.25, -0.2) is 5.84 Å². The Bertz CT molecular complexity index is 530. The first-order valence-corrected chi connectivity index (χ1v) is 9.25. The average molecular weight is 364 g/mol. The van der Waals surface area contributed by atoms with Crippen molar-refractivity contribution in [1.82, 2.24) is 10.7 Å². The Labute approximate surface area is 156 Å². The number of aryl methyl sites for hydroxylation is 1. The second-order valence-corrected chi connectivity index (χ2v) is 6.74. The third kappa shape index (κ3) is 9.39. The summed E-state index contributed by atoms with van der Waals surface area (Å²) >= 11 is 0. The van der Waals surface area contributed by atoms with Crippen LogP contribution >= 0.6 is 0 Å². The van der Waals surface area contributed by atoms with Crippen LogP contribution < -0.4 is 22.4 Å². The number of hydrogen-bond donors (Lipinski definition) is 5. The Hall–Kier alpha value is -2.12. The fourth-order valence-corrected chi connectivity index (χ4v) is 3.05. The number of hydrogen-bond acceptors (Lipinski definition) is 5. The number of amidine groups is 1. The predicted molar refractivity (Wildman–Crippen MR) is 105 cm³/mol. The number of aliphatic carboxylic acids is 1. The van der Waals surface area contributed by atoms with Crippen molar-refractivity contribution >= 4 is 11.8 Å². The molecular formula is C19H33N5O2. The number of hydrazone groups is 1. The van der Waals surface area contributed by atoms with Gasteiger partial charge in [-0.2, -0.15) is 5.10 Å². The molecule has 1 saturated heterocycles. The van der Waals surface area contributed by atoms with Crippen molar-refractivity contribution in [2.75, 3.05) is 13.1 Å². The lowest BCUT2D eigenvalue weighted by Gasteiger charge is -2.23. The second kappa shape index (κ2) is 13.1. The van der Waals surface area contributed by atoms with E-state index < -0.39 is 11.9 Å². The number of piperidine rings is 1. The van der Waals surface area contributed by atoms with Crippen molar-refractivity contribution < 1.29 is 9.90 Å². The molecule has 0 bridgehead atoms. The van der Waals surface area contributed by atoms with E-state index in [1.54, 1.807) is 0 Å². The van der Waals surface area contributed by atoms with E-state index in [0.717, 1.165) is 31.8 Å². The number of nitrogens with one attached hydrogen (secondary N) is 2. The molecule has 0 aliphatic carbocycles. The van der Waals surface area contributed by atoms with Gasteiger partial charge in [-0.15, -0.1) is 0 Å². The minimum absolute atomic E-state index is 0.258. The second-order valence-electron chi connectivity index (χ2n) is 6.74. The molecule has 2 rings (SSSR count). The molecule has 1 aromatic carbocycles. The normalized spacial score (nSPS) is 16.3. The Kier molecular flexibility index (Phi) is 11.1. The molecule has 1 aromatic rings. The van der Waals surface area contributed by atoms with Gasteiger partial charge in [0.2, 0.25) is 0 Å². The largest absolute Gasteiger partial charge is 0.481 e. The van der Waals surface area contributed by atoms with Crippen LogP contribution in [0.3, 0.4) is 0 Å². The SMILES string of the molecule is Cc1ccccc1.N/N=C(/C[C@H](CCCC1CCNCC1)C(=O)O)NN. The summed E-state index contributed by atoms with van der Waals surface area (Å²) in [6.45, 7) is 4.24. The Morgan fingerprint density at radius 1 is 1.35 bits per heavy atom. The highest BCUT2D eigenvalue weighted by molar-refractivity contribution is 5.85. The zero-order valence-corrected chi connectivity index (χ0v) is 15.7. The zero-order valence-electron chi connectivity index (χ0n) is 15.7. The van der Waals surface area contributed by atoms with Crippen LogP contribution in [-0.2, 0) is 4.79 Å². The minimum Gasteiger partial charge on any atom is -0.481 e. The number of carboxylic acid groups (broad SMARTS) is 1. The van der Waals surface area contributed by atoms with Crippen LogP contribution in [0.15, 0.2) is 35.4 Å². The standard InChI is InChI=1S/C12H25N5O2.C7H8/c13-16-11(17-14)8-10(12(18)19)3-1-2-9-4-6-15-7-5-9;1-7-5-3-2-4-6-7/h9-10,15H,1-8,13-14H2,(H,16,17)(H,18,19);2-6H,1H3/t10-;/m0./s1. The zero-order chi connectivity index (χ0) is 19.2. The van der Waals surface area contributed by atoms with Crippen LogP contribution in [-0.4, -0.2) is 30.0 Å². The first-order valence-electron chi connectivity index (χ1n) is 9.25. The highest BCUT2D eigenvalue weighted by Gasteiger charge is 2.21. The number of carboxylic acids is 1. The monoisotopic (exact) mass is 363 g/mol. The van der Waals surface area contributed by atoms with Crippen LogP contribution in [0.5, 0.6) is 0 Å². The number of nitrogens with zero attached hydrogens (tertiary/aromatic N) is 1. The minimum atomic E-state index is -0.818. The van der Waals surface area contributed by atoms with E-state index in [2.05, 4.69) is 34.9 Å². The van der Waals surface area contributed by atoms with E-state index >= 15 is 0 Å². The lowest BCUT2D eigenvalue weighted by Crippen LogP contribution is -2.34. The summed E-state index contributed by atoms with van der Waals surface area (Å²) in [4.78, 5) is 11.2. The molecular weight excluding hydrogens is 330 g/mol. The Morgan fingerprint density at radius 3 is 2.46 bits per heavy atom. The van der Waals surface area contributed by atoms with Gasteiger partial charge in [0.05, 0.1) is 5.92 Å². The van der Waals surface area contributed by atoms with Gasteiger partial charge in [0.1, 0.15) is 5.84 Å². The molecule has 7 N–H and O–H groups in total. The van der Waals surface area contributed by atoms with Crippen LogP contribution in [0.2, 0.25) is 0 Å². The third-order valence-electron chi connectivity index (χ3n) is 4.68. The fraction of sp³-hybridized carbons (Fsp3) is 0.579. The summed E-state index contributed by atoms with van der Waals surface area (Å²) in [6, 6.07) is 10.3. The van der Waals surface area contributed by atoms with E-state index in [1.807, 2.05) is 18.2 Å². The molecule has 26 heavy (non-hydrogen) atoms. The molecule has 0 amide bonds. The number of carbonyl (C=O) groups is 1. The van der Waals surface area contributed by atoms with E-state index in [-0.39, 0.29) is 6.42 Å². The van der Waals surface area contributed by atoms with Gasteiger partial charge in [-0.05, 0) is 45.2 Å². The van der Waals surface area contributed by atoms with Crippen molar-refractivity contribution in [1.29, 1.82) is 0 Å². The molecule has 0 spiro atoms. The maximum Gasteiger partial charge on any atom is 0.306 e. The van der Waals surface area contributed by atoms with Crippen LogP contribution in [0.4, 0.5) is 0 Å². The molecule has 1 heterocycles. The van der Waals surface area contributed by atoms with Crippen molar-refractivity contribution in [3.8, 4) is 0 Å². The number of rotatable bonds is 7. The summed E-state index contributed by atoms with van der Waals surface area (Å²) in [6.07, 6.45) is 5.30. The molecule has 1 aliphatic rings. The maximum atomic E-state index is 11.2.